The number of aliphatic hydroxyl groups is 1. The predicted octanol–water partition coefficient (Wildman–Crippen LogP) is 4.19. The molecule has 0 unspecified atom stereocenters. The van der Waals surface area contributed by atoms with Crippen molar-refractivity contribution in [1.82, 2.24) is 19.4 Å². The largest absolute Gasteiger partial charge is 0.387 e. The minimum atomic E-state index is -0.738. The Morgan fingerprint density at radius 2 is 1.67 bits per heavy atom. The first-order valence-corrected chi connectivity index (χ1v) is 14.4. The highest BCUT2D eigenvalue weighted by molar-refractivity contribution is 5.79. The van der Waals surface area contributed by atoms with Crippen LogP contribution in [0.2, 0.25) is 0 Å². The third kappa shape index (κ3) is 5.10. The van der Waals surface area contributed by atoms with Crippen molar-refractivity contribution in [1.29, 1.82) is 0 Å². The summed E-state index contributed by atoms with van der Waals surface area (Å²) in [6, 6.07) is 15.0. The van der Waals surface area contributed by atoms with E-state index in [-0.39, 0.29) is 17.0 Å². The van der Waals surface area contributed by atoms with Crippen LogP contribution in [0, 0.1) is 5.92 Å². The van der Waals surface area contributed by atoms with Crippen LogP contribution in [0.3, 0.4) is 0 Å². The molecule has 39 heavy (non-hydrogen) atoms. The normalized spacial score (nSPS) is 20.0. The predicted molar refractivity (Wildman–Crippen MR) is 150 cm³/mol. The number of pyridine rings is 1. The molecule has 1 aromatic carbocycles. The number of piperidine rings is 1. The van der Waals surface area contributed by atoms with Gasteiger partial charge in [-0.2, -0.15) is 0 Å². The van der Waals surface area contributed by atoms with E-state index < -0.39 is 6.10 Å². The molecule has 8 nitrogen and oxygen atoms in total. The lowest BCUT2D eigenvalue weighted by Gasteiger charge is -2.53. The second kappa shape index (κ2) is 10.9. The summed E-state index contributed by atoms with van der Waals surface area (Å²) in [5.41, 5.74) is 1.90. The van der Waals surface area contributed by atoms with Crippen molar-refractivity contribution in [2.75, 3.05) is 24.5 Å². The van der Waals surface area contributed by atoms with Crippen LogP contribution in [0.15, 0.2) is 65.7 Å². The zero-order chi connectivity index (χ0) is 26.8. The molecule has 1 amide bonds. The van der Waals surface area contributed by atoms with E-state index in [1.165, 1.54) is 6.42 Å². The first-order chi connectivity index (χ1) is 19.0. The van der Waals surface area contributed by atoms with Crippen molar-refractivity contribution in [3.8, 4) is 11.3 Å². The number of likely N-dealkylation sites (tertiary alicyclic amines) is 1. The van der Waals surface area contributed by atoms with Gasteiger partial charge in [0.15, 0.2) is 0 Å². The van der Waals surface area contributed by atoms with Crippen molar-refractivity contribution in [3.05, 3.63) is 76.8 Å². The van der Waals surface area contributed by atoms with Gasteiger partial charge in [0.25, 0.3) is 5.56 Å². The number of carbonyl (C=O) groups excluding carboxylic acids is 1. The number of β-amino-alcohol motifs (C(OH)–C–C–N with tert-alkyl or cyclic N) is 1. The quantitative estimate of drug-likeness (QED) is 0.535. The SMILES string of the molecule is O=C(C1CCCCC1)N1CCC2(CC1)CCn1c(nc(-c3ccncc3)cc1=O)N2C[C@@H](O)c1ccccc1. The van der Waals surface area contributed by atoms with Gasteiger partial charge in [0.1, 0.15) is 0 Å². The molecule has 4 heterocycles. The summed E-state index contributed by atoms with van der Waals surface area (Å²) in [6.45, 7) is 2.29. The van der Waals surface area contributed by atoms with E-state index in [0.717, 1.165) is 56.1 Å². The molecular weight excluding hydrogens is 490 g/mol. The molecule has 204 valence electrons. The van der Waals surface area contributed by atoms with Crippen LogP contribution in [0.1, 0.15) is 63.0 Å². The molecule has 0 radical (unpaired) electrons. The van der Waals surface area contributed by atoms with Crippen LogP contribution >= 0.6 is 0 Å². The summed E-state index contributed by atoms with van der Waals surface area (Å²) >= 11 is 0. The fourth-order valence-corrected chi connectivity index (χ4v) is 6.75. The average molecular weight is 528 g/mol. The van der Waals surface area contributed by atoms with Gasteiger partial charge in [0.05, 0.1) is 18.3 Å². The summed E-state index contributed by atoms with van der Waals surface area (Å²) < 4.78 is 1.74. The Kier molecular flexibility index (Phi) is 7.21. The molecule has 1 saturated heterocycles. The zero-order valence-corrected chi connectivity index (χ0v) is 22.4. The Morgan fingerprint density at radius 3 is 2.38 bits per heavy atom. The molecule has 1 aliphatic carbocycles. The average Bonchev–Trinajstić information content (AvgIpc) is 3.00. The van der Waals surface area contributed by atoms with Gasteiger partial charge in [-0.1, -0.05) is 49.6 Å². The Bertz CT molecular complexity index is 1350. The molecule has 0 bridgehead atoms. The first kappa shape index (κ1) is 25.7. The van der Waals surface area contributed by atoms with Crippen molar-refractivity contribution in [2.45, 2.75) is 69.6 Å². The highest BCUT2D eigenvalue weighted by atomic mass is 16.3. The Morgan fingerprint density at radius 1 is 0.974 bits per heavy atom. The second-order valence-electron chi connectivity index (χ2n) is 11.3. The molecule has 1 N–H and O–H groups in total. The van der Waals surface area contributed by atoms with Crippen molar-refractivity contribution >= 4 is 11.9 Å². The number of carbonyl (C=O) groups is 1. The van der Waals surface area contributed by atoms with Crippen molar-refractivity contribution < 1.29 is 9.90 Å². The zero-order valence-electron chi connectivity index (χ0n) is 22.4. The number of hydrogen-bond acceptors (Lipinski definition) is 6. The van der Waals surface area contributed by atoms with Crippen LogP contribution in [-0.4, -0.2) is 55.6 Å². The lowest BCUT2D eigenvalue weighted by atomic mass is 9.80. The molecule has 3 aliphatic rings. The maximum Gasteiger partial charge on any atom is 0.255 e. The van der Waals surface area contributed by atoms with E-state index in [2.05, 4.69) is 14.8 Å². The lowest BCUT2D eigenvalue weighted by molar-refractivity contribution is -0.138. The number of rotatable bonds is 5. The number of amides is 1. The number of nitrogens with zero attached hydrogens (tertiary/aromatic N) is 5. The summed E-state index contributed by atoms with van der Waals surface area (Å²) in [5, 5.41) is 11.3. The van der Waals surface area contributed by atoms with Crippen molar-refractivity contribution in [2.24, 2.45) is 5.92 Å². The fourth-order valence-electron chi connectivity index (χ4n) is 6.75. The molecule has 2 fully saturated rings. The van der Waals surface area contributed by atoms with Gasteiger partial charge >= 0.3 is 0 Å². The molecular formula is C31H37N5O3. The van der Waals surface area contributed by atoms with Gasteiger partial charge in [-0.15, -0.1) is 0 Å². The number of fused-ring (bicyclic) bond motifs is 1. The summed E-state index contributed by atoms with van der Waals surface area (Å²) in [4.78, 5) is 40.0. The lowest BCUT2D eigenvalue weighted by Crippen LogP contribution is -2.61. The van der Waals surface area contributed by atoms with E-state index in [4.69, 9.17) is 4.98 Å². The van der Waals surface area contributed by atoms with Crippen LogP contribution in [0.25, 0.3) is 11.3 Å². The maximum absolute atomic E-state index is 13.3. The number of benzene rings is 1. The van der Waals surface area contributed by atoms with E-state index in [1.807, 2.05) is 42.5 Å². The van der Waals surface area contributed by atoms with Gasteiger partial charge in [-0.05, 0) is 49.8 Å². The number of aliphatic hydroxyl groups excluding tert-OH is 1. The molecule has 2 aliphatic heterocycles. The monoisotopic (exact) mass is 527 g/mol. The highest BCUT2D eigenvalue weighted by Crippen LogP contribution is 2.41. The van der Waals surface area contributed by atoms with Gasteiger partial charge in [-0.25, -0.2) is 4.98 Å². The minimum Gasteiger partial charge on any atom is -0.387 e. The van der Waals surface area contributed by atoms with E-state index in [1.54, 1.807) is 23.0 Å². The standard InChI is InChI=1S/C31H37N5O3/c37-27(24-7-3-1-4-8-24)22-36-30-33-26(23-11-16-32-17-12-23)21-28(38)35(30)20-15-31(36)13-18-34(19-14-31)29(39)25-9-5-2-6-10-25/h1,3-4,7-8,11-12,16-17,21,25,27,37H,2,5-6,9-10,13-15,18-20,22H2/t27-/m1/s1. The fraction of sp³-hybridized carbons (Fsp3) is 0.484. The summed E-state index contributed by atoms with van der Waals surface area (Å²) in [5.74, 6) is 1.08. The smallest absolute Gasteiger partial charge is 0.255 e. The van der Waals surface area contributed by atoms with E-state index in [9.17, 15) is 14.7 Å². The van der Waals surface area contributed by atoms with Crippen molar-refractivity contribution in [3.63, 3.8) is 0 Å². The molecule has 3 aromatic rings. The van der Waals surface area contributed by atoms with E-state index in [0.29, 0.717) is 43.7 Å². The van der Waals surface area contributed by atoms with Gasteiger partial charge < -0.3 is 14.9 Å². The number of anilines is 1. The Balaban J connectivity index is 1.33. The molecule has 1 saturated carbocycles. The van der Waals surface area contributed by atoms with Gasteiger partial charge in [0, 0.05) is 55.1 Å². The van der Waals surface area contributed by atoms with E-state index >= 15 is 0 Å². The minimum absolute atomic E-state index is 0.0919. The topological polar surface area (TPSA) is 91.6 Å². The Labute approximate surface area is 229 Å². The molecule has 1 atom stereocenters. The molecule has 6 rings (SSSR count). The first-order valence-electron chi connectivity index (χ1n) is 14.4. The number of hydrogen-bond donors (Lipinski definition) is 1. The van der Waals surface area contributed by atoms with Gasteiger partial charge in [0.2, 0.25) is 11.9 Å². The molecule has 1 spiro atoms. The van der Waals surface area contributed by atoms with Gasteiger partial charge in [-0.3, -0.25) is 19.1 Å². The van der Waals surface area contributed by atoms with Crippen LogP contribution in [0.5, 0.6) is 0 Å². The van der Waals surface area contributed by atoms with Crippen LogP contribution in [0.4, 0.5) is 5.95 Å². The maximum atomic E-state index is 13.3. The second-order valence-corrected chi connectivity index (χ2v) is 11.3. The summed E-state index contributed by atoms with van der Waals surface area (Å²) in [6.07, 6.45) is 10.6. The van der Waals surface area contributed by atoms with Crippen LogP contribution < -0.4 is 10.5 Å². The third-order valence-electron chi connectivity index (χ3n) is 9.08. The molecule has 2 aromatic heterocycles. The third-order valence-corrected chi connectivity index (χ3v) is 9.08. The molecule has 8 heteroatoms. The van der Waals surface area contributed by atoms with Crippen LogP contribution in [-0.2, 0) is 11.3 Å². The summed E-state index contributed by atoms with van der Waals surface area (Å²) in [7, 11) is 0. The number of aromatic nitrogens is 3. The Hall–Kier alpha value is -3.52. The highest BCUT2D eigenvalue weighted by Gasteiger charge is 2.46.